The summed E-state index contributed by atoms with van der Waals surface area (Å²) in [5.74, 6) is 0.930. The molecule has 0 aliphatic heterocycles. The molecule has 0 atom stereocenters. The minimum absolute atomic E-state index is 0.0971. The molecule has 2 rings (SSSR count). The Morgan fingerprint density at radius 3 is 2.52 bits per heavy atom. The Bertz CT molecular complexity index is 808. The number of hydrogen-bond donors (Lipinski definition) is 2. The Balaban J connectivity index is 2.13. The third kappa shape index (κ3) is 4.53. The first kappa shape index (κ1) is 18.8. The molecule has 0 aromatic heterocycles. The molecule has 2 N–H and O–H groups in total. The summed E-state index contributed by atoms with van der Waals surface area (Å²) >= 11 is 2.12. The Kier molecular flexibility index (Phi) is 6.45. The molecule has 1 amide bonds. The highest BCUT2D eigenvalue weighted by atomic mass is 127. The number of phenolic OH excluding ortho intramolecular Hbond substituents is 1. The third-order valence-electron chi connectivity index (χ3n) is 3.29. The number of carbonyl (C=O) groups is 1. The van der Waals surface area contributed by atoms with E-state index in [4.69, 9.17) is 14.2 Å². The summed E-state index contributed by atoms with van der Waals surface area (Å²) < 4.78 is 16.4. The van der Waals surface area contributed by atoms with Crippen LogP contribution in [-0.4, -0.2) is 38.6 Å². The van der Waals surface area contributed by atoms with Crippen molar-refractivity contribution in [2.75, 3.05) is 21.3 Å². The monoisotopic (exact) mass is 456 g/mol. The fourth-order valence-electron chi connectivity index (χ4n) is 2.07. The lowest BCUT2D eigenvalue weighted by Crippen LogP contribution is -2.17. The zero-order valence-corrected chi connectivity index (χ0v) is 16.0. The molecule has 0 saturated heterocycles. The summed E-state index contributed by atoms with van der Waals surface area (Å²) in [5, 5.41) is 13.8. The molecule has 0 saturated carbocycles. The van der Waals surface area contributed by atoms with Crippen LogP contribution in [0.4, 0.5) is 0 Å². The normalized spacial score (nSPS) is 10.6. The number of halogens is 1. The first-order valence-electron chi connectivity index (χ1n) is 7.12. The molecule has 0 aliphatic rings. The van der Waals surface area contributed by atoms with Crippen molar-refractivity contribution < 1.29 is 24.1 Å². The van der Waals surface area contributed by atoms with E-state index in [9.17, 15) is 9.90 Å². The molecular weight excluding hydrogens is 439 g/mol. The summed E-state index contributed by atoms with van der Waals surface area (Å²) in [7, 11) is 4.59. The minimum Gasteiger partial charge on any atom is -0.507 e. The number of phenols is 1. The fourth-order valence-corrected chi connectivity index (χ4v) is 2.91. The summed E-state index contributed by atoms with van der Waals surface area (Å²) in [6.45, 7) is 0. The van der Waals surface area contributed by atoms with Gasteiger partial charge in [0.25, 0.3) is 5.91 Å². The lowest BCUT2D eigenvalue weighted by atomic mass is 10.2. The van der Waals surface area contributed by atoms with Gasteiger partial charge in [-0.25, -0.2) is 5.43 Å². The molecule has 0 heterocycles. The molecule has 0 spiro atoms. The van der Waals surface area contributed by atoms with Crippen LogP contribution in [0.5, 0.6) is 23.0 Å². The lowest BCUT2D eigenvalue weighted by Gasteiger charge is -2.10. The van der Waals surface area contributed by atoms with E-state index in [0.717, 1.165) is 9.13 Å². The van der Waals surface area contributed by atoms with Gasteiger partial charge < -0.3 is 19.3 Å². The standard InChI is InChI=1S/C17H17IN2O5/c1-23-11-4-5-12(14(21)8-11)17(22)20-19-9-10-6-13(18)16(25-3)15(7-10)24-2/h4-9,21H,1-3H3,(H,20,22)/b19-9-. The van der Waals surface area contributed by atoms with E-state index in [-0.39, 0.29) is 11.3 Å². The number of carbonyl (C=O) groups excluding carboxylic acids is 1. The molecule has 8 heteroatoms. The summed E-state index contributed by atoms with van der Waals surface area (Å²) in [5.41, 5.74) is 3.19. The predicted molar refractivity (Wildman–Crippen MR) is 102 cm³/mol. The van der Waals surface area contributed by atoms with E-state index >= 15 is 0 Å². The maximum atomic E-state index is 12.1. The van der Waals surface area contributed by atoms with E-state index in [2.05, 4.69) is 33.1 Å². The van der Waals surface area contributed by atoms with Gasteiger partial charge in [0.15, 0.2) is 11.5 Å². The Morgan fingerprint density at radius 1 is 1.16 bits per heavy atom. The first-order chi connectivity index (χ1) is 12.0. The average Bonchev–Trinajstić information content (AvgIpc) is 2.60. The van der Waals surface area contributed by atoms with E-state index in [1.807, 2.05) is 6.07 Å². The quantitative estimate of drug-likeness (QED) is 0.397. The zero-order chi connectivity index (χ0) is 18.4. The molecule has 2 aromatic rings. The van der Waals surface area contributed by atoms with Crippen molar-refractivity contribution in [3.8, 4) is 23.0 Å². The Hall–Kier alpha value is -2.49. The molecule has 25 heavy (non-hydrogen) atoms. The first-order valence-corrected chi connectivity index (χ1v) is 8.20. The van der Waals surface area contributed by atoms with Crippen LogP contribution < -0.4 is 19.6 Å². The number of ether oxygens (including phenoxy) is 3. The lowest BCUT2D eigenvalue weighted by molar-refractivity contribution is 0.0952. The van der Waals surface area contributed by atoms with Gasteiger partial charge in [-0.3, -0.25) is 4.79 Å². The van der Waals surface area contributed by atoms with Gasteiger partial charge in [-0.05, 0) is 52.4 Å². The maximum absolute atomic E-state index is 12.1. The van der Waals surface area contributed by atoms with Crippen LogP contribution in [-0.2, 0) is 0 Å². The number of hydrogen-bond acceptors (Lipinski definition) is 6. The second-order valence-electron chi connectivity index (χ2n) is 4.82. The van der Waals surface area contributed by atoms with Crippen LogP contribution in [0.1, 0.15) is 15.9 Å². The number of nitrogens with one attached hydrogen (secondary N) is 1. The molecule has 0 fully saturated rings. The van der Waals surface area contributed by atoms with Gasteiger partial charge in [-0.15, -0.1) is 0 Å². The van der Waals surface area contributed by atoms with Crippen molar-refractivity contribution in [2.45, 2.75) is 0 Å². The van der Waals surface area contributed by atoms with Crippen molar-refractivity contribution in [1.29, 1.82) is 0 Å². The van der Waals surface area contributed by atoms with E-state index < -0.39 is 5.91 Å². The van der Waals surface area contributed by atoms with Crippen molar-refractivity contribution in [1.82, 2.24) is 5.43 Å². The number of rotatable bonds is 6. The Labute approximate surface area is 158 Å². The number of benzene rings is 2. The van der Waals surface area contributed by atoms with Crippen molar-refractivity contribution in [2.24, 2.45) is 5.10 Å². The van der Waals surface area contributed by atoms with Gasteiger partial charge in [0, 0.05) is 6.07 Å². The number of nitrogens with zero attached hydrogens (tertiary/aromatic N) is 1. The highest BCUT2D eigenvalue weighted by Crippen LogP contribution is 2.33. The number of amides is 1. The summed E-state index contributed by atoms with van der Waals surface area (Å²) in [6.07, 6.45) is 1.47. The van der Waals surface area contributed by atoms with E-state index in [1.54, 1.807) is 26.4 Å². The van der Waals surface area contributed by atoms with Gasteiger partial charge in [-0.2, -0.15) is 5.10 Å². The molecule has 7 nitrogen and oxygen atoms in total. The van der Waals surface area contributed by atoms with Crippen LogP contribution in [0, 0.1) is 3.57 Å². The van der Waals surface area contributed by atoms with Crippen molar-refractivity contribution >= 4 is 34.7 Å². The smallest absolute Gasteiger partial charge is 0.275 e. The van der Waals surface area contributed by atoms with Crippen LogP contribution in [0.2, 0.25) is 0 Å². The second-order valence-corrected chi connectivity index (χ2v) is 5.98. The number of aromatic hydroxyl groups is 1. The van der Waals surface area contributed by atoms with Crippen LogP contribution in [0.25, 0.3) is 0 Å². The molecule has 2 aromatic carbocycles. The summed E-state index contributed by atoms with van der Waals surface area (Å²) in [6, 6.07) is 7.96. The van der Waals surface area contributed by atoms with Crippen molar-refractivity contribution in [3.63, 3.8) is 0 Å². The number of methoxy groups -OCH3 is 3. The van der Waals surface area contributed by atoms with Crippen LogP contribution in [0.3, 0.4) is 0 Å². The molecule has 0 aliphatic carbocycles. The van der Waals surface area contributed by atoms with Gasteiger partial charge >= 0.3 is 0 Å². The largest absolute Gasteiger partial charge is 0.507 e. The molecule has 132 valence electrons. The maximum Gasteiger partial charge on any atom is 0.275 e. The van der Waals surface area contributed by atoms with Gasteiger partial charge in [0.1, 0.15) is 11.5 Å². The highest BCUT2D eigenvalue weighted by molar-refractivity contribution is 14.1. The molecule has 0 radical (unpaired) electrons. The van der Waals surface area contributed by atoms with Gasteiger partial charge in [-0.1, -0.05) is 0 Å². The average molecular weight is 456 g/mol. The fraction of sp³-hybridized carbons (Fsp3) is 0.176. The van der Waals surface area contributed by atoms with Crippen LogP contribution >= 0.6 is 22.6 Å². The highest BCUT2D eigenvalue weighted by Gasteiger charge is 2.12. The minimum atomic E-state index is -0.536. The molecule has 0 unspecified atom stereocenters. The van der Waals surface area contributed by atoms with Gasteiger partial charge in [0.2, 0.25) is 0 Å². The number of hydrazone groups is 1. The Morgan fingerprint density at radius 2 is 1.92 bits per heavy atom. The van der Waals surface area contributed by atoms with Crippen molar-refractivity contribution in [3.05, 3.63) is 45.0 Å². The van der Waals surface area contributed by atoms with E-state index in [0.29, 0.717) is 17.2 Å². The second kappa shape index (κ2) is 8.56. The predicted octanol–water partition coefficient (Wildman–Crippen LogP) is 2.79. The van der Waals surface area contributed by atoms with Crippen LogP contribution in [0.15, 0.2) is 35.4 Å². The summed E-state index contributed by atoms with van der Waals surface area (Å²) in [4.78, 5) is 12.1. The topological polar surface area (TPSA) is 89.4 Å². The molecule has 0 bridgehead atoms. The zero-order valence-electron chi connectivity index (χ0n) is 13.9. The SMILES string of the molecule is COc1ccc(C(=O)N/N=C\c2cc(I)c(OC)c(OC)c2)c(O)c1. The van der Waals surface area contributed by atoms with E-state index in [1.165, 1.54) is 25.5 Å². The van der Waals surface area contributed by atoms with Gasteiger partial charge in [0.05, 0.1) is 36.7 Å². The molecular formula is C17H17IN2O5. The third-order valence-corrected chi connectivity index (χ3v) is 4.09.